The number of benzene rings is 1. The van der Waals surface area contributed by atoms with Crippen LogP contribution in [0.1, 0.15) is 46.5 Å². The van der Waals surface area contributed by atoms with E-state index in [0.29, 0.717) is 12.6 Å². The number of amides is 1. The average Bonchev–Trinajstić information content (AvgIpc) is 3.22. The zero-order chi connectivity index (χ0) is 18.1. The molecule has 0 N–H and O–H groups in total. The number of carbonyl (C=O) groups is 1. The van der Waals surface area contributed by atoms with E-state index in [1.165, 1.54) is 16.9 Å². The minimum Gasteiger partial charge on any atom is -0.467 e. The van der Waals surface area contributed by atoms with Crippen LogP contribution in [0.25, 0.3) is 10.6 Å². The first-order chi connectivity index (χ1) is 12.7. The van der Waals surface area contributed by atoms with Crippen molar-refractivity contribution in [1.29, 1.82) is 0 Å². The van der Waals surface area contributed by atoms with Crippen molar-refractivity contribution in [2.24, 2.45) is 0 Å². The highest BCUT2D eigenvalue weighted by molar-refractivity contribution is 7.17. The van der Waals surface area contributed by atoms with E-state index in [4.69, 9.17) is 4.42 Å². The van der Waals surface area contributed by atoms with Gasteiger partial charge in [0.25, 0.3) is 5.91 Å². The van der Waals surface area contributed by atoms with E-state index in [9.17, 15) is 4.79 Å². The van der Waals surface area contributed by atoms with Crippen molar-refractivity contribution in [3.63, 3.8) is 0 Å². The van der Waals surface area contributed by atoms with Crippen LogP contribution >= 0.6 is 11.3 Å². The Bertz CT molecular complexity index is 893. The van der Waals surface area contributed by atoms with Gasteiger partial charge in [-0.3, -0.25) is 4.79 Å². The summed E-state index contributed by atoms with van der Waals surface area (Å²) in [6, 6.07) is 12.5. The predicted octanol–water partition coefficient (Wildman–Crippen LogP) is 5.08. The highest BCUT2D eigenvalue weighted by Crippen LogP contribution is 2.34. The van der Waals surface area contributed by atoms with Gasteiger partial charge in [-0.05, 0) is 43.9 Å². The topological polar surface area (TPSA) is 46.3 Å². The lowest BCUT2D eigenvalue weighted by Crippen LogP contribution is -2.32. The van der Waals surface area contributed by atoms with Gasteiger partial charge in [0.15, 0.2) is 0 Å². The molecule has 0 atom stereocenters. The Balaban J connectivity index is 1.59. The number of nitrogens with zero attached hydrogens (tertiary/aromatic N) is 2. The standard InChI is InChI=1S/C21H22N2O2S/c1-3-15-6-8-16(9-7-15)20-22-14(2)19(26-20)21(24)23(17-10-11-17)13-18-5-4-12-25-18/h4-9,12,17H,3,10-11,13H2,1-2H3. The molecule has 134 valence electrons. The molecular weight excluding hydrogens is 344 g/mol. The van der Waals surface area contributed by atoms with Gasteiger partial charge in [-0.25, -0.2) is 4.98 Å². The lowest BCUT2D eigenvalue weighted by Gasteiger charge is -2.20. The number of rotatable bonds is 6. The van der Waals surface area contributed by atoms with E-state index >= 15 is 0 Å². The minimum atomic E-state index is 0.0651. The molecule has 4 nitrogen and oxygen atoms in total. The van der Waals surface area contributed by atoms with Crippen LogP contribution < -0.4 is 0 Å². The van der Waals surface area contributed by atoms with Gasteiger partial charge in [0.1, 0.15) is 15.6 Å². The van der Waals surface area contributed by atoms with Gasteiger partial charge in [0.05, 0.1) is 18.5 Å². The molecule has 0 saturated heterocycles. The van der Waals surface area contributed by atoms with Crippen molar-refractivity contribution in [1.82, 2.24) is 9.88 Å². The summed E-state index contributed by atoms with van der Waals surface area (Å²) >= 11 is 1.49. The number of aromatic nitrogens is 1. The molecule has 0 unspecified atom stereocenters. The SMILES string of the molecule is CCc1ccc(-c2nc(C)c(C(=O)N(Cc3ccco3)C3CC3)s2)cc1. The Morgan fingerprint density at radius 3 is 2.65 bits per heavy atom. The molecule has 2 aromatic heterocycles. The number of thiazole rings is 1. The second-order valence-corrected chi connectivity index (χ2v) is 7.73. The first-order valence-corrected chi connectivity index (χ1v) is 9.87. The summed E-state index contributed by atoms with van der Waals surface area (Å²) in [4.78, 5) is 20.5. The smallest absolute Gasteiger partial charge is 0.266 e. The van der Waals surface area contributed by atoms with Crippen molar-refractivity contribution < 1.29 is 9.21 Å². The van der Waals surface area contributed by atoms with Crippen LogP contribution in [-0.2, 0) is 13.0 Å². The first-order valence-electron chi connectivity index (χ1n) is 9.05. The van der Waals surface area contributed by atoms with Crippen molar-refractivity contribution in [2.75, 3.05) is 0 Å². The Morgan fingerprint density at radius 2 is 2.04 bits per heavy atom. The largest absolute Gasteiger partial charge is 0.467 e. The predicted molar refractivity (Wildman–Crippen MR) is 103 cm³/mol. The molecule has 5 heteroatoms. The molecule has 26 heavy (non-hydrogen) atoms. The maximum absolute atomic E-state index is 13.2. The van der Waals surface area contributed by atoms with E-state index in [0.717, 1.165) is 46.2 Å². The summed E-state index contributed by atoms with van der Waals surface area (Å²) in [6.07, 6.45) is 4.80. The summed E-state index contributed by atoms with van der Waals surface area (Å²) in [5.74, 6) is 0.887. The summed E-state index contributed by atoms with van der Waals surface area (Å²) in [5.41, 5.74) is 3.18. The fraction of sp³-hybridized carbons (Fsp3) is 0.333. The molecule has 1 aliphatic rings. The Hall–Kier alpha value is -2.40. The summed E-state index contributed by atoms with van der Waals surface area (Å²) in [6.45, 7) is 4.59. The molecule has 0 bridgehead atoms. The van der Waals surface area contributed by atoms with Gasteiger partial charge in [-0.2, -0.15) is 0 Å². The van der Waals surface area contributed by atoms with Crippen LogP contribution in [0, 0.1) is 6.92 Å². The Morgan fingerprint density at radius 1 is 1.27 bits per heavy atom. The maximum atomic E-state index is 13.2. The second kappa shape index (κ2) is 7.08. The van der Waals surface area contributed by atoms with E-state index in [-0.39, 0.29) is 5.91 Å². The van der Waals surface area contributed by atoms with Gasteiger partial charge >= 0.3 is 0 Å². The van der Waals surface area contributed by atoms with E-state index in [1.807, 2.05) is 24.0 Å². The molecular formula is C21H22N2O2S. The van der Waals surface area contributed by atoms with Gasteiger partial charge in [0.2, 0.25) is 0 Å². The lowest BCUT2D eigenvalue weighted by atomic mass is 10.1. The summed E-state index contributed by atoms with van der Waals surface area (Å²) in [5, 5.41) is 0.905. The Labute approximate surface area is 157 Å². The third kappa shape index (κ3) is 3.44. The van der Waals surface area contributed by atoms with Crippen LogP contribution in [0.4, 0.5) is 0 Å². The van der Waals surface area contributed by atoms with Crippen LogP contribution in [0.2, 0.25) is 0 Å². The monoisotopic (exact) mass is 366 g/mol. The van der Waals surface area contributed by atoms with Gasteiger partial charge in [-0.1, -0.05) is 31.2 Å². The molecule has 1 aromatic carbocycles. The van der Waals surface area contributed by atoms with Crippen molar-refractivity contribution in [3.05, 3.63) is 64.6 Å². The number of hydrogen-bond donors (Lipinski definition) is 0. The Kier molecular flexibility index (Phi) is 4.64. The first kappa shape index (κ1) is 17.0. The molecule has 4 rings (SSSR count). The van der Waals surface area contributed by atoms with Crippen molar-refractivity contribution in [3.8, 4) is 10.6 Å². The van der Waals surface area contributed by atoms with E-state index in [2.05, 4.69) is 36.2 Å². The fourth-order valence-corrected chi connectivity index (χ4v) is 4.08. The highest BCUT2D eigenvalue weighted by atomic mass is 32.1. The molecule has 1 saturated carbocycles. The van der Waals surface area contributed by atoms with Crippen LogP contribution in [0.3, 0.4) is 0 Å². The van der Waals surface area contributed by atoms with Gasteiger partial charge < -0.3 is 9.32 Å². The van der Waals surface area contributed by atoms with E-state index < -0.39 is 0 Å². The quantitative estimate of drug-likeness (QED) is 0.611. The van der Waals surface area contributed by atoms with Crippen molar-refractivity contribution in [2.45, 2.75) is 45.7 Å². The molecule has 0 aliphatic heterocycles. The fourth-order valence-electron chi connectivity index (χ4n) is 3.06. The third-order valence-corrected chi connectivity index (χ3v) is 5.95. The molecule has 1 fully saturated rings. The van der Waals surface area contributed by atoms with E-state index in [1.54, 1.807) is 6.26 Å². The van der Waals surface area contributed by atoms with Crippen molar-refractivity contribution >= 4 is 17.2 Å². The number of hydrogen-bond acceptors (Lipinski definition) is 4. The lowest BCUT2D eigenvalue weighted by molar-refractivity contribution is 0.0721. The minimum absolute atomic E-state index is 0.0651. The highest BCUT2D eigenvalue weighted by Gasteiger charge is 2.35. The molecule has 1 amide bonds. The molecule has 0 spiro atoms. The zero-order valence-corrected chi connectivity index (χ0v) is 15.9. The summed E-state index contributed by atoms with van der Waals surface area (Å²) < 4.78 is 5.45. The number of carbonyl (C=O) groups excluding carboxylic acids is 1. The van der Waals surface area contributed by atoms with Crippen LogP contribution in [-0.4, -0.2) is 21.8 Å². The molecule has 3 aromatic rings. The van der Waals surface area contributed by atoms with Crippen LogP contribution in [0.15, 0.2) is 47.1 Å². The summed E-state index contributed by atoms with van der Waals surface area (Å²) in [7, 11) is 0. The molecule has 0 radical (unpaired) electrons. The number of aryl methyl sites for hydroxylation is 2. The van der Waals surface area contributed by atoms with Gasteiger partial charge in [0, 0.05) is 11.6 Å². The molecule has 2 heterocycles. The van der Waals surface area contributed by atoms with Gasteiger partial charge in [-0.15, -0.1) is 11.3 Å². The number of furan rings is 1. The third-order valence-electron chi connectivity index (χ3n) is 4.75. The second-order valence-electron chi connectivity index (χ2n) is 6.73. The van der Waals surface area contributed by atoms with Crippen LogP contribution in [0.5, 0.6) is 0 Å². The maximum Gasteiger partial charge on any atom is 0.266 e. The molecule has 1 aliphatic carbocycles. The normalized spacial score (nSPS) is 13.8. The zero-order valence-electron chi connectivity index (χ0n) is 15.1. The average molecular weight is 366 g/mol.